The highest BCUT2D eigenvalue weighted by Crippen LogP contribution is 2.15. The van der Waals surface area contributed by atoms with Crippen LogP contribution in [0.4, 0.5) is 0 Å². The first-order chi connectivity index (χ1) is 7.33. The molecule has 15 heavy (non-hydrogen) atoms. The zero-order chi connectivity index (χ0) is 10.9. The average molecular weight is 209 g/mol. The second kappa shape index (κ2) is 7.66. The van der Waals surface area contributed by atoms with Crippen molar-refractivity contribution in [3.05, 3.63) is 24.3 Å². The largest absolute Gasteiger partial charge is 0.377 e. The normalized spacial score (nSPS) is 18.5. The van der Waals surface area contributed by atoms with E-state index in [9.17, 15) is 0 Å². The molecule has 1 fully saturated rings. The van der Waals surface area contributed by atoms with Crippen LogP contribution in [-0.4, -0.2) is 26.3 Å². The van der Waals surface area contributed by atoms with E-state index in [1.165, 1.54) is 32.4 Å². The predicted octanol–water partition coefficient (Wildman–Crippen LogP) is 2.53. The maximum absolute atomic E-state index is 5.58. The Morgan fingerprint density at radius 3 is 2.87 bits per heavy atom. The number of piperidine rings is 1. The minimum atomic E-state index is 0.676. The summed E-state index contributed by atoms with van der Waals surface area (Å²) in [6, 6.07) is 0. The second-order valence-electron chi connectivity index (χ2n) is 4.19. The summed E-state index contributed by atoms with van der Waals surface area (Å²) in [5.74, 6) is 0.862. The molecular weight excluding hydrogens is 186 g/mol. The zero-order valence-corrected chi connectivity index (χ0v) is 9.80. The molecule has 1 heterocycles. The fraction of sp³-hybridized carbons (Fsp3) is 0.692. The second-order valence-corrected chi connectivity index (χ2v) is 4.19. The van der Waals surface area contributed by atoms with Gasteiger partial charge in [-0.15, -0.1) is 0 Å². The van der Waals surface area contributed by atoms with Crippen LogP contribution >= 0.6 is 0 Å². The van der Waals surface area contributed by atoms with Crippen LogP contribution in [0, 0.1) is 5.92 Å². The van der Waals surface area contributed by atoms with Crippen molar-refractivity contribution in [2.45, 2.75) is 26.2 Å². The summed E-state index contributed by atoms with van der Waals surface area (Å²) in [5.41, 5.74) is 1.06. The van der Waals surface area contributed by atoms with Crippen LogP contribution in [0.15, 0.2) is 24.3 Å². The maximum Gasteiger partial charge on any atom is 0.0711 e. The van der Waals surface area contributed by atoms with E-state index in [0.29, 0.717) is 6.61 Å². The maximum atomic E-state index is 5.58. The Kier molecular flexibility index (Phi) is 6.37. The molecule has 0 atom stereocenters. The van der Waals surface area contributed by atoms with Gasteiger partial charge in [0.1, 0.15) is 0 Å². The summed E-state index contributed by atoms with van der Waals surface area (Å²) in [6.07, 6.45) is 7.81. The van der Waals surface area contributed by atoms with Crippen LogP contribution in [0.3, 0.4) is 0 Å². The number of allylic oxidation sites excluding steroid dienone is 1. The van der Waals surface area contributed by atoms with E-state index in [0.717, 1.165) is 18.1 Å². The van der Waals surface area contributed by atoms with Crippen LogP contribution in [0.2, 0.25) is 0 Å². The molecule has 1 aliphatic heterocycles. The van der Waals surface area contributed by atoms with Gasteiger partial charge in [-0.2, -0.15) is 0 Å². The van der Waals surface area contributed by atoms with Crippen molar-refractivity contribution >= 4 is 0 Å². The molecule has 0 aliphatic carbocycles. The molecule has 1 N–H and O–H groups in total. The SMILES string of the molecule is C=C(/C=C\C)COCCC1CCNCC1. The van der Waals surface area contributed by atoms with Crippen LogP contribution in [-0.2, 0) is 4.74 Å². The summed E-state index contributed by atoms with van der Waals surface area (Å²) < 4.78 is 5.58. The standard InChI is InChI=1S/C13H23NO/c1-3-4-12(2)11-15-10-7-13-5-8-14-9-6-13/h3-4,13-14H,2,5-11H2,1H3/b4-3-. The van der Waals surface area contributed by atoms with Crippen molar-refractivity contribution in [1.82, 2.24) is 5.32 Å². The third-order valence-corrected chi connectivity index (χ3v) is 2.82. The molecule has 0 aromatic carbocycles. The molecule has 2 heteroatoms. The lowest BCUT2D eigenvalue weighted by Gasteiger charge is -2.22. The molecule has 0 aromatic rings. The van der Waals surface area contributed by atoms with Gasteiger partial charge in [0.2, 0.25) is 0 Å². The Balaban J connectivity index is 1.98. The number of nitrogens with one attached hydrogen (secondary N) is 1. The molecule has 0 aromatic heterocycles. The number of hydrogen-bond acceptors (Lipinski definition) is 2. The first kappa shape index (κ1) is 12.5. The molecule has 1 rings (SSSR count). The minimum Gasteiger partial charge on any atom is -0.377 e. The highest BCUT2D eigenvalue weighted by atomic mass is 16.5. The van der Waals surface area contributed by atoms with Gasteiger partial charge in [-0.3, -0.25) is 0 Å². The van der Waals surface area contributed by atoms with Gasteiger partial charge in [0.05, 0.1) is 6.61 Å². The predicted molar refractivity (Wildman–Crippen MR) is 65.0 cm³/mol. The molecule has 0 bridgehead atoms. The summed E-state index contributed by atoms with van der Waals surface area (Å²) in [5, 5.41) is 3.38. The Hall–Kier alpha value is -0.600. The lowest BCUT2D eigenvalue weighted by molar-refractivity contribution is 0.135. The lowest BCUT2D eigenvalue weighted by Crippen LogP contribution is -2.28. The van der Waals surface area contributed by atoms with E-state index < -0.39 is 0 Å². The van der Waals surface area contributed by atoms with E-state index in [-0.39, 0.29) is 0 Å². The van der Waals surface area contributed by atoms with Crippen LogP contribution in [0.5, 0.6) is 0 Å². The fourth-order valence-corrected chi connectivity index (χ4v) is 1.91. The van der Waals surface area contributed by atoms with Gasteiger partial charge in [0.25, 0.3) is 0 Å². The van der Waals surface area contributed by atoms with Gasteiger partial charge in [-0.1, -0.05) is 18.7 Å². The summed E-state index contributed by atoms with van der Waals surface area (Å²) in [6.45, 7) is 9.81. The number of rotatable bonds is 6. The third kappa shape index (κ3) is 5.75. The Labute approximate surface area is 93.4 Å². The Bertz CT molecular complexity index is 205. The highest BCUT2D eigenvalue weighted by Gasteiger charge is 2.11. The van der Waals surface area contributed by atoms with Gasteiger partial charge in [-0.25, -0.2) is 0 Å². The molecule has 0 radical (unpaired) electrons. The van der Waals surface area contributed by atoms with Crippen LogP contribution < -0.4 is 5.32 Å². The molecule has 0 spiro atoms. The quantitative estimate of drug-likeness (QED) is 0.536. The summed E-state index contributed by atoms with van der Waals surface area (Å²) >= 11 is 0. The van der Waals surface area contributed by atoms with E-state index in [1.54, 1.807) is 0 Å². The van der Waals surface area contributed by atoms with Gasteiger partial charge >= 0.3 is 0 Å². The molecule has 0 unspecified atom stereocenters. The number of ether oxygens (including phenoxy) is 1. The smallest absolute Gasteiger partial charge is 0.0711 e. The van der Waals surface area contributed by atoms with Crippen molar-refractivity contribution in [3.8, 4) is 0 Å². The zero-order valence-electron chi connectivity index (χ0n) is 9.80. The lowest BCUT2D eigenvalue weighted by atomic mass is 9.95. The monoisotopic (exact) mass is 209 g/mol. The molecule has 0 saturated carbocycles. The summed E-state index contributed by atoms with van der Waals surface area (Å²) in [7, 11) is 0. The van der Waals surface area contributed by atoms with Crippen molar-refractivity contribution in [1.29, 1.82) is 0 Å². The van der Waals surface area contributed by atoms with Crippen molar-refractivity contribution < 1.29 is 4.74 Å². The van der Waals surface area contributed by atoms with E-state index >= 15 is 0 Å². The van der Waals surface area contributed by atoms with Crippen molar-refractivity contribution in [2.24, 2.45) is 5.92 Å². The topological polar surface area (TPSA) is 21.3 Å². The van der Waals surface area contributed by atoms with E-state index in [1.807, 2.05) is 19.1 Å². The first-order valence-corrected chi connectivity index (χ1v) is 5.92. The molecular formula is C13H23NO. The highest BCUT2D eigenvalue weighted by molar-refractivity contribution is 5.13. The summed E-state index contributed by atoms with van der Waals surface area (Å²) in [4.78, 5) is 0. The van der Waals surface area contributed by atoms with Crippen LogP contribution in [0.1, 0.15) is 26.2 Å². The Morgan fingerprint density at radius 2 is 2.20 bits per heavy atom. The average Bonchev–Trinajstić information content (AvgIpc) is 2.26. The first-order valence-electron chi connectivity index (χ1n) is 5.92. The third-order valence-electron chi connectivity index (χ3n) is 2.82. The van der Waals surface area contributed by atoms with E-state index in [4.69, 9.17) is 4.74 Å². The minimum absolute atomic E-state index is 0.676. The van der Waals surface area contributed by atoms with Gasteiger partial charge < -0.3 is 10.1 Å². The molecule has 1 aliphatic rings. The molecule has 1 saturated heterocycles. The van der Waals surface area contributed by atoms with Crippen molar-refractivity contribution in [3.63, 3.8) is 0 Å². The van der Waals surface area contributed by atoms with E-state index in [2.05, 4.69) is 11.9 Å². The molecule has 0 amide bonds. The van der Waals surface area contributed by atoms with Gasteiger partial charge in [0.15, 0.2) is 0 Å². The van der Waals surface area contributed by atoms with Crippen LogP contribution in [0.25, 0.3) is 0 Å². The molecule has 86 valence electrons. The molecule has 2 nitrogen and oxygen atoms in total. The van der Waals surface area contributed by atoms with Gasteiger partial charge in [-0.05, 0) is 50.8 Å². The fourth-order valence-electron chi connectivity index (χ4n) is 1.91. The Morgan fingerprint density at radius 1 is 1.47 bits per heavy atom. The van der Waals surface area contributed by atoms with Crippen molar-refractivity contribution in [2.75, 3.05) is 26.3 Å². The van der Waals surface area contributed by atoms with Gasteiger partial charge in [0, 0.05) is 6.61 Å². The number of hydrogen-bond donors (Lipinski definition) is 1.